The Morgan fingerprint density at radius 2 is 0.920 bits per heavy atom. The minimum absolute atomic E-state index is 0.547. The van der Waals surface area contributed by atoms with Crippen LogP contribution in [0.25, 0.3) is 0 Å². The fraction of sp³-hybridized carbons (Fsp3) is 1.00. The zero-order valence-corrected chi connectivity index (χ0v) is 19.4. The first-order chi connectivity index (χ1) is 12.2. The number of nitrogens with one attached hydrogen (secondary N) is 1. The molecule has 0 rings (SSSR count). The van der Waals surface area contributed by atoms with E-state index < -0.39 is 18.6 Å². The Morgan fingerprint density at radius 1 is 0.600 bits per heavy atom. The second-order valence-electron chi connectivity index (χ2n) is 5.91. The van der Waals surface area contributed by atoms with Gasteiger partial charge in [0, 0.05) is 37.5 Å². The Labute approximate surface area is 159 Å². The highest BCUT2D eigenvalue weighted by molar-refractivity contribution is 6.46. The molecule has 1 N–H and O–H groups in total. The van der Waals surface area contributed by atoms with Gasteiger partial charge in [0.25, 0.3) is 0 Å². The lowest BCUT2D eigenvalue weighted by Gasteiger charge is -2.24. The summed E-state index contributed by atoms with van der Waals surface area (Å²) in [7, 11) is -2.29. The summed E-state index contributed by atoms with van der Waals surface area (Å²) in [5, 5.41) is 3.60. The van der Waals surface area contributed by atoms with Crippen LogP contribution >= 0.6 is 0 Å². The fourth-order valence-corrected chi connectivity index (χ4v) is 6.45. The quantitative estimate of drug-likeness (QED) is 0.282. The highest BCUT2D eigenvalue weighted by Crippen LogP contribution is 2.22. The lowest BCUT2D eigenvalue weighted by molar-refractivity contribution is 0.200. The number of hydrogen-bond donors (Lipinski definition) is 1. The maximum atomic E-state index is 5.86. The van der Waals surface area contributed by atoms with Gasteiger partial charge in [-0.1, -0.05) is 26.7 Å². The molecule has 0 aliphatic carbocycles. The molecule has 2 radical (unpaired) electrons. The molecule has 2 unspecified atom stereocenters. The van der Waals surface area contributed by atoms with Gasteiger partial charge in [-0.15, -0.1) is 0 Å². The first-order valence-corrected chi connectivity index (χ1v) is 12.9. The third-order valence-corrected chi connectivity index (χ3v) is 9.16. The van der Waals surface area contributed by atoms with Crippen molar-refractivity contribution in [2.75, 3.05) is 39.5 Å². The van der Waals surface area contributed by atoms with E-state index in [0.717, 1.165) is 65.2 Å². The standard InChI is InChI=1S/C18H41NO4Si2/c1-7-17(24(20-9-3)21-10-4)13-15-19-16-14-18(8-2)25(22-11-5)23-12-6/h17-19H,7-16H2,1-6H3. The molecule has 0 saturated carbocycles. The molecule has 7 heteroatoms. The molecule has 0 bridgehead atoms. The van der Waals surface area contributed by atoms with Crippen LogP contribution in [0.5, 0.6) is 0 Å². The summed E-state index contributed by atoms with van der Waals surface area (Å²) in [5.74, 6) is 0. The third-order valence-electron chi connectivity index (χ3n) is 4.14. The van der Waals surface area contributed by atoms with Gasteiger partial charge in [-0.25, -0.2) is 0 Å². The van der Waals surface area contributed by atoms with Gasteiger partial charge in [0.05, 0.1) is 0 Å². The molecule has 0 aromatic carbocycles. The maximum Gasteiger partial charge on any atom is 0.388 e. The normalized spacial score (nSPS) is 14.4. The lowest BCUT2D eigenvalue weighted by Crippen LogP contribution is -2.33. The van der Waals surface area contributed by atoms with Crippen LogP contribution < -0.4 is 5.32 Å². The van der Waals surface area contributed by atoms with E-state index in [0.29, 0.717) is 11.1 Å². The summed E-state index contributed by atoms with van der Waals surface area (Å²) in [5.41, 5.74) is 1.09. The van der Waals surface area contributed by atoms with Crippen LogP contribution in [0.1, 0.15) is 67.2 Å². The monoisotopic (exact) mass is 391 g/mol. The number of rotatable bonds is 18. The van der Waals surface area contributed by atoms with Crippen molar-refractivity contribution < 1.29 is 17.7 Å². The van der Waals surface area contributed by atoms with Crippen molar-refractivity contribution in [2.24, 2.45) is 0 Å². The predicted molar refractivity (Wildman–Crippen MR) is 108 cm³/mol. The van der Waals surface area contributed by atoms with Crippen LogP contribution in [0.15, 0.2) is 0 Å². The summed E-state index contributed by atoms with van der Waals surface area (Å²) in [6.45, 7) is 17.7. The van der Waals surface area contributed by atoms with Gasteiger partial charge < -0.3 is 23.0 Å². The van der Waals surface area contributed by atoms with Gasteiger partial charge in [-0.3, -0.25) is 0 Å². The summed E-state index contributed by atoms with van der Waals surface area (Å²) in [4.78, 5) is 0. The summed E-state index contributed by atoms with van der Waals surface area (Å²) >= 11 is 0. The van der Waals surface area contributed by atoms with Crippen LogP contribution in [0.3, 0.4) is 0 Å². The lowest BCUT2D eigenvalue weighted by atomic mass is 10.2. The largest absolute Gasteiger partial charge is 0.393 e. The van der Waals surface area contributed by atoms with Crippen molar-refractivity contribution in [1.29, 1.82) is 0 Å². The Hall–Kier alpha value is 0.234. The van der Waals surface area contributed by atoms with Crippen LogP contribution in [-0.2, 0) is 17.7 Å². The highest BCUT2D eigenvalue weighted by atomic mass is 28.3. The van der Waals surface area contributed by atoms with Gasteiger partial charge in [0.1, 0.15) is 0 Å². The van der Waals surface area contributed by atoms with Crippen LogP contribution in [-0.4, -0.2) is 58.1 Å². The van der Waals surface area contributed by atoms with Crippen LogP contribution in [0, 0.1) is 0 Å². The number of hydrogen-bond acceptors (Lipinski definition) is 5. The van der Waals surface area contributed by atoms with E-state index in [2.05, 4.69) is 46.9 Å². The Morgan fingerprint density at radius 3 is 1.16 bits per heavy atom. The minimum Gasteiger partial charge on any atom is -0.393 e. The zero-order chi connectivity index (χ0) is 18.9. The molecule has 0 aliphatic rings. The van der Waals surface area contributed by atoms with Gasteiger partial charge in [0.2, 0.25) is 0 Å². The van der Waals surface area contributed by atoms with E-state index in [1.165, 1.54) is 0 Å². The predicted octanol–water partition coefficient (Wildman–Crippen LogP) is 4.04. The highest BCUT2D eigenvalue weighted by Gasteiger charge is 2.27. The molecule has 2 atom stereocenters. The first kappa shape index (κ1) is 25.2. The van der Waals surface area contributed by atoms with E-state index in [1.54, 1.807) is 0 Å². The molecule has 25 heavy (non-hydrogen) atoms. The van der Waals surface area contributed by atoms with Gasteiger partial charge >= 0.3 is 18.6 Å². The van der Waals surface area contributed by atoms with E-state index in [4.69, 9.17) is 17.7 Å². The average Bonchev–Trinajstić information content (AvgIpc) is 2.61. The second kappa shape index (κ2) is 17.6. The molecule has 0 fully saturated rings. The van der Waals surface area contributed by atoms with Gasteiger partial charge in [-0.2, -0.15) is 0 Å². The first-order valence-electron chi connectivity index (χ1n) is 10.1. The van der Waals surface area contributed by atoms with E-state index in [-0.39, 0.29) is 0 Å². The minimum atomic E-state index is -1.15. The maximum absolute atomic E-state index is 5.86. The second-order valence-corrected chi connectivity index (χ2v) is 9.97. The zero-order valence-electron chi connectivity index (χ0n) is 17.4. The Kier molecular flexibility index (Phi) is 17.8. The van der Waals surface area contributed by atoms with Crippen molar-refractivity contribution in [3.63, 3.8) is 0 Å². The van der Waals surface area contributed by atoms with Gasteiger partial charge in [0.15, 0.2) is 0 Å². The van der Waals surface area contributed by atoms with E-state index in [9.17, 15) is 0 Å². The van der Waals surface area contributed by atoms with E-state index in [1.807, 2.05) is 0 Å². The summed E-state index contributed by atoms with van der Waals surface area (Å²) in [6, 6.07) is 0. The molecule has 5 nitrogen and oxygen atoms in total. The molecule has 0 heterocycles. The fourth-order valence-electron chi connectivity index (χ4n) is 2.78. The molecular formula is C18H41NO4Si2. The van der Waals surface area contributed by atoms with Gasteiger partial charge in [-0.05, 0) is 53.6 Å². The molecular weight excluding hydrogens is 350 g/mol. The Balaban J connectivity index is 4.17. The summed E-state index contributed by atoms with van der Waals surface area (Å²) in [6.07, 6.45) is 4.48. The molecule has 0 saturated heterocycles. The van der Waals surface area contributed by atoms with E-state index >= 15 is 0 Å². The average molecular weight is 392 g/mol. The smallest absolute Gasteiger partial charge is 0.388 e. The topological polar surface area (TPSA) is 49.0 Å². The van der Waals surface area contributed by atoms with Crippen molar-refractivity contribution in [3.8, 4) is 0 Å². The van der Waals surface area contributed by atoms with Crippen molar-refractivity contribution in [2.45, 2.75) is 78.3 Å². The Bertz CT molecular complexity index is 250. The SMILES string of the molecule is CCO[Si](OCC)C(CC)CCNCCC(CC)[Si](OCC)OCC. The molecule has 0 aliphatic heterocycles. The van der Waals surface area contributed by atoms with Crippen molar-refractivity contribution in [3.05, 3.63) is 0 Å². The molecule has 0 spiro atoms. The molecule has 150 valence electrons. The van der Waals surface area contributed by atoms with Crippen LogP contribution in [0.4, 0.5) is 0 Å². The molecule has 0 amide bonds. The van der Waals surface area contributed by atoms with Crippen molar-refractivity contribution >= 4 is 18.6 Å². The molecule has 0 aromatic heterocycles. The summed E-state index contributed by atoms with van der Waals surface area (Å²) < 4.78 is 23.4. The third kappa shape index (κ3) is 11.5. The molecule has 0 aromatic rings. The van der Waals surface area contributed by atoms with Crippen LogP contribution in [0.2, 0.25) is 11.1 Å². The van der Waals surface area contributed by atoms with Crippen molar-refractivity contribution in [1.82, 2.24) is 5.32 Å².